The van der Waals surface area contributed by atoms with E-state index >= 15 is 0 Å². The summed E-state index contributed by atoms with van der Waals surface area (Å²) in [6.07, 6.45) is 0.652. The summed E-state index contributed by atoms with van der Waals surface area (Å²) >= 11 is 0. The minimum atomic E-state index is -0.293. The van der Waals surface area contributed by atoms with E-state index in [4.69, 9.17) is 5.26 Å². The molecular weight excluding hydrogens is 276 g/mol. The fourth-order valence-electron chi connectivity index (χ4n) is 2.60. The molecule has 0 radical (unpaired) electrons. The predicted octanol–water partition coefficient (Wildman–Crippen LogP) is 3.19. The highest BCUT2D eigenvalue weighted by Gasteiger charge is 2.36. The monoisotopic (exact) mass is 290 g/mol. The van der Waals surface area contributed by atoms with Gasteiger partial charge in [-0.1, -0.05) is 24.3 Å². The van der Waals surface area contributed by atoms with Crippen molar-refractivity contribution in [2.45, 2.75) is 13.3 Å². The number of hydrogen-bond donors (Lipinski definition) is 0. The number of nitriles is 1. The third-order valence-corrected chi connectivity index (χ3v) is 3.75. The summed E-state index contributed by atoms with van der Waals surface area (Å²) < 4.78 is 0. The Morgan fingerprint density at radius 3 is 2.05 bits per heavy atom. The zero-order valence-corrected chi connectivity index (χ0v) is 12.1. The number of amides is 2. The van der Waals surface area contributed by atoms with Crippen molar-refractivity contribution in [2.24, 2.45) is 5.92 Å². The molecule has 22 heavy (non-hydrogen) atoms. The van der Waals surface area contributed by atoms with Crippen LogP contribution in [0.3, 0.4) is 0 Å². The molecule has 0 saturated heterocycles. The standard InChI is InChI=1S/C18H14N2O2/c1-12(11-19)10-13-6-8-14(9-7-13)20-17(21)15-4-2-3-5-16(15)18(20)22/h2-9,12H,10H2,1H3. The molecule has 2 aromatic rings. The number of nitrogens with zero attached hydrogens (tertiary/aromatic N) is 2. The van der Waals surface area contributed by atoms with Crippen LogP contribution >= 0.6 is 0 Å². The lowest BCUT2D eigenvalue weighted by atomic mass is 10.0. The lowest BCUT2D eigenvalue weighted by Crippen LogP contribution is -2.29. The fourth-order valence-corrected chi connectivity index (χ4v) is 2.60. The summed E-state index contributed by atoms with van der Waals surface area (Å²) in [7, 11) is 0. The fraction of sp³-hybridized carbons (Fsp3) is 0.167. The van der Waals surface area contributed by atoms with Gasteiger partial charge in [-0.25, -0.2) is 4.90 Å². The van der Waals surface area contributed by atoms with Crippen LogP contribution in [0.5, 0.6) is 0 Å². The Labute approximate surface area is 128 Å². The second kappa shape index (κ2) is 5.45. The number of hydrogen-bond acceptors (Lipinski definition) is 3. The summed E-state index contributed by atoms with van der Waals surface area (Å²) in [5.74, 6) is -0.650. The Kier molecular flexibility index (Phi) is 3.48. The number of rotatable bonds is 3. The normalized spacial score (nSPS) is 14.6. The first-order valence-electron chi connectivity index (χ1n) is 7.08. The first-order chi connectivity index (χ1) is 10.6. The van der Waals surface area contributed by atoms with Crippen molar-refractivity contribution < 1.29 is 9.59 Å². The van der Waals surface area contributed by atoms with Gasteiger partial charge in [0.15, 0.2) is 0 Å². The maximum Gasteiger partial charge on any atom is 0.266 e. The van der Waals surface area contributed by atoms with Crippen molar-refractivity contribution in [3.63, 3.8) is 0 Å². The van der Waals surface area contributed by atoms with Crippen LogP contribution in [-0.4, -0.2) is 11.8 Å². The Balaban J connectivity index is 1.89. The zero-order valence-electron chi connectivity index (χ0n) is 12.1. The van der Waals surface area contributed by atoms with E-state index in [1.807, 2.05) is 19.1 Å². The number of imide groups is 1. The highest BCUT2D eigenvalue weighted by atomic mass is 16.2. The van der Waals surface area contributed by atoms with Gasteiger partial charge in [0.1, 0.15) is 0 Å². The van der Waals surface area contributed by atoms with Gasteiger partial charge in [0.25, 0.3) is 11.8 Å². The third-order valence-electron chi connectivity index (χ3n) is 3.75. The average Bonchev–Trinajstić information content (AvgIpc) is 2.80. The van der Waals surface area contributed by atoms with E-state index in [1.165, 1.54) is 4.90 Å². The molecule has 0 bridgehead atoms. The molecule has 2 amide bonds. The molecule has 4 heteroatoms. The number of anilines is 1. The van der Waals surface area contributed by atoms with Gasteiger partial charge in [-0.15, -0.1) is 0 Å². The first-order valence-corrected chi connectivity index (χ1v) is 7.08. The zero-order chi connectivity index (χ0) is 15.7. The molecule has 1 aliphatic rings. The quantitative estimate of drug-likeness (QED) is 0.816. The molecule has 1 unspecified atom stereocenters. The second-order valence-corrected chi connectivity index (χ2v) is 5.39. The van der Waals surface area contributed by atoms with Crippen LogP contribution in [-0.2, 0) is 6.42 Å². The van der Waals surface area contributed by atoms with E-state index in [9.17, 15) is 9.59 Å². The van der Waals surface area contributed by atoms with Crippen molar-refractivity contribution in [1.29, 1.82) is 5.26 Å². The van der Waals surface area contributed by atoms with Gasteiger partial charge in [-0.05, 0) is 43.2 Å². The van der Waals surface area contributed by atoms with Gasteiger partial charge < -0.3 is 0 Å². The number of benzene rings is 2. The van der Waals surface area contributed by atoms with Crippen LogP contribution in [0.1, 0.15) is 33.2 Å². The molecule has 1 aliphatic heterocycles. The maximum absolute atomic E-state index is 12.4. The molecule has 1 atom stereocenters. The van der Waals surface area contributed by atoms with E-state index in [0.29, 0.717) is 23.2 Å². The van der Waals surface area contributed by atoms with Crippen molar-refractivity contribution in [3.8, 4) is 6.07 Å². The summed E-state index contributed by atoms with van der Waals surface area (Å²) in [5.41, 5.74) is 2.44. The SMILES string of the molecule is CC(C#N)Cc1ccc(N2C(=O)c3ccccc3C2=O)cc1. The van der Waals surface area contributed by atoms with E-state index in [0.717, 1.165) is 5.56 Å². The van der Waals surface area contributed by atoms with Gasteiger partial charge >= 0.3 is 0 Å². The van der Waals surface area contributed by atoms with E-state index in [2.05, 4.69) is 6.07 Å². The molecule has 0 fully saturated rings. The molecule has 0 spiro atoms. The molecule has 3 rings (SSSR count). The average molecular weight is 290 g/mol. The van der Waals surface area contributed by atoms with Crippen LogP contribution in [0.25, 0.3) is 0 Å². The Bertz CT molecular complexity index is 752. The second-order valence-electron chi connectivity index (χ2n) is 5.39. The largest absolute Gasteiger partial charge is 0.268 e. The number of carbonyl (C=O) groups is 2. The van der Waals surface area contributed by atoms with Gasteiger partial charge in [-0.3, -0.25) is 9.59 Å². The summed E-state index contributed by atoms with van der Waals surface area (Å²) in [4.78, 5) is 26.0. The molecule has 0 saturated carbocycles. The minimum Gasteiger partial charge on any atom is -0.268 e. The molecule has 0 aliphatic carbocycles. The summed E-state index contributed by atoms with van der Waals surface area (Å²) in [6.45, 7) is 1.86. The van der Waals surface area contributed by atoms with Crippen molar-refractivity contribution in [2.75, 3.05) is 4.90 Å². The highest BCUT2D eigenvalue weighted by molar-refractivity contribution is 6.34. The van der Waals surface area contributed by atoms with Gasteiger partial charge in [-0.2, -0.15) is 5.26 Å². The molecule has 4 nitrogen and oxygen atoms in total. The molecule has 0 N–H and O–H groups in total. The van der Waals surface area contributed by atoms with Gasteiger partial charge in [0.2, 0.25) is 0 Å². The summed E-state index contributed by atoms with van der Waals surface area (Å²) in [5, 5.41) is 8.85. The molecule has 0 aromatic heterocycles. The van der Waals surface area contributed by atoms with Crippen LogP contribution in [0.4, 0.5) is 5.69 Å². The molecular formula is C18H14N2O2. The van der Waals surface area contributed by atoms with Crippen LogP contribution in [0, 0.1) is 17.2 Å². The number of fused-ring (bicyclic) bond motifs is 1. The maximum atomic E-state index is 12.4. The third kappa shape index (κ3) is 2.27. The van der Waals surface area contributed by atoms with Crippen molar-refractivity contribution >= 4 is 17.5 Å². The van der Waals surface area contributed by atoms with Crippen molar-refractivity contribution in [1.82, 2.24) is 0 Å². The lowest BCUT2D eigenvalue weighted by molar-refractivity contribution is 0.0926. The van der Waals surface area contributed by atoms with Crippen LogP contribution in [0.2, 0.25) is 0 Å². The topological polar surface area (TPSA) is 61.2 Å². The van der Waals surface area contributed by atoms with Gasteiger partial charge in [0, 0.05) is 5.92 Å². The number of carbonyl (C=O) groups excluding carboxylic acids is 2. The van der Waals surface area contributed by atoms with E-state index in [-0.39, 0.29) is 17.7 Å². The lowest BCUT2D eigenvalue weighted by Gasteiger charge is -2.14. The molecule has 108 valence electrons. The van der Waals surface area contributed by atoms with Gasteiger partial charge in [0.05, 0.1) is 22.9 Å². The summed E-state index contributed by atoms with van der Waals surface area (Å²) in [6, 6.07) is 16.2. The highest BCUT2D eigenvalue weighted by Crippen LogP contribution is 2.28. The Hall–Kier alpha value is -2.93. The molecule has 1 heterocycles. The Morgan fingerprint density at radius 2 is 1.55 bits per heavy atom. The van der Waals surface area contributed by atoms with Crippen molar-refractivity contribution in [3.05, 3.63) is 65.2 Å². The van der Waals surface area contributed by atoms with E-state index in [1.54, 1.807) is 36.4 Å². The van der Waals surface area contributed by atoms with E-state index < -0.39 is 0 Å². The Morgan fingerprint density at radius 1 is 1.00 bits per heavy atom. The minimum absolute atomic E-state index is 0.0647. The predicted molar refractivity (Wildman–Crippen MR) is 82.5 cm³/mol. The van der Waals surface area contributed by atoms with Crippen LogP contribution < -0.4 is 4.90 Å². The van der Waals surface area contributed by atoms with Crippen LogP contribution in [0.15, 0.2) is 48.5 Å². The first kappa shape index (κ1) is 14.0. The molecule has 2 aromatic carbocycles. The smallest absolute Gasteiger partial charge is 0.266 e.